The summed E-state index contributed by atoms with van der Waals surface area (Å²) >= 11 is 0. The van der Waals surface area contributed by atoms with Gasteiger partial charge in [0.2, 0.25) is 0 Å². The Kier molecular flexibility index (Phi) is 2.56. The van der Waals surface area contributed by atoms with Crippen molar-refractivity contribution in [2.45, 2.75) is 4.90 Å². The van der Waals surface area contributed by atoms with Gasteiger partial charge in [0.25, 0.3) is 0 Å². The second-order valence-electron chi connectivity index (χ2n) is 3.02. The number of nitrogens with zero attached hydrogens (tertiary/aromatic N) is 2. The molecule has 1 aromatic heterocycles. The van der Waals surface area contributed by atoms with Gasteiger partial charge in [-0.05, 0) is 12.1 Å². The summed E-state index contributed by atoms with van der Waals surface area (Å²) in [4.78, 5) is 6.07. The monoisotopic (exact) mass is 200 g/mol. The Balaban J connectivity index is 3.21. The lowest BCUT2D eigenvalue weighted by molar-refractivity contribution is 0.601. The Morgan fingerprint density at radius 2 is 2.00 bits per heavy atom. The molecule has 0 aliphatic rings. The summed E-state index contributed by atoms with van der Waals surface area (Å²) in [7, 11) is 0.502. The second-order valence-corrected chi connectivity index (χ2v) is 5.03. The lowest BCUT2D eigenvalue weighted by atomic mass is 10.4. The van der Waals surface area contributed by atoms with Gasteiger partial charge in [-0.3, -0.25) is 0 Å². The maximum atomic E-state index is 11.2. The molecule has 0 amide bonds. The quantitative estimate of drug-likeness (QED) is 0.699. The van der Waals surface area contributed by atoms with Gasteiger partial charge < -0.3 is 4.90 Å². The maximum Gasteiger partial charge on any atom is 0.175 e. The number of hydrogen-bond acceptors (Lipinski definition) is 4. The van der Waals surface area contributed by atoms with E-state index in [4.69, 9.17) is 0 Å². The molecule has 0 saturated carbocycles. The van der Waals surface area contributed by atoms with Gasteiger partial charge in [0, 0.05) is 26.5 Å². The van der Waals surface area contributed by atoms with Crippen LogP contribution in [-0.2, 0) is 9.84 Å². The van der Waals surface area contributed by atoms with Crippen LogP contribution in [0.1, 0.15) is 0 Å². The Morgan fingerprint density at radius 1 is 1.38 bits per heavy atom. The van der Waals surface area contributed by atoms with Gasteiger partial charge in [0.1, 0.15) is 5.82 Å². The van der Waals surface area contributed by atoms with Crippen LogP contribution in [0, 0.1) is 0 Å². The highest BCUT2D eigenvalue weighted by Gasteiger charge is 2.08. The highest BCUT2D eigenvalue weighted by Crippen LogP contribution is 2.13. The van der Waals surface area contributed by atoms with E-state index in [9.17, 15) is 8.42 Å². The van der Waals surface area contributed by atoms with Crippen LogP contribution in [0.4, 0.5) is 5.82 Å². The fourth-order valence-corrected chi connectivity index (χ4v) is 1.50. The van der Waals surface area contributed by atoms with Crippen molar-refractivity contribution in [2.24, 2.45) is 0 Å². The first-order valence-electron chi connectivity index (χ1n) is 3.74. The summed E-state index contributed by atoms with van der Waals surface area (Å²) in [6, 6.07) is 3.04. The van der Waals surface area contributed by atoms with Crippen LogP contribution in [-0.4, -0.2) is 33.8 Å². The maximum absolute atomic E-state index is 11.2. The Morgan fingerprint density at radius 3 is 2.46 bits per heavy atom. The van der Waals surface area contributed by atoms with E-state index in [1.807, 2.05) is 14.1 Å². The molecule has 5 heteroatoms. The summed E-state index contributed by atoms with van der Waals surface area (Å²) < 4.78 is 22.3. The molecule has 0 aliphatic carbocycles. The van der Waals surface area contributed by atoms with E-state index < -0.39 is 9.84 Å². The number of pyridine rings is 1. The molecule has 72 valence electrons. The van der Waals surface area contributed by atoms with Crippen LogP contribution in [0.15, 0.2) is 23.2 Å². The van der Waals surface area contributed by atoms with Crippen molar-refractivity contribution in [1.82, 2.24) is 4.98 Å². The lowest BCUT2D eigenvalue weighted by Crippen LogP contribution is -2.11. The Bertz CT molecular complexity index is 398. The zero-order valence-electron chi connectivity index (χ0n) is 7.85. The van der Waals surface area contributed by atoms with E-state index in [0.29, 0.717) is 10.7 Å². The summed E-state index contributed by atoms with van der Waals surface area (Å²) in [5, 5.41) is 0. The van der Waals surface area contributed by atoms with E-state index >= 15 is 0 Å². The van der Waals surface area contributed by atoms with E-state index in [1.165, 1.54) is 18.5 Å². The van der Waals surface area contributed by atoms with E-state index in [0.717, 1.165) is 0 Å². The highest BCUT2D eigenvalue weighted by atomic mass is 32.2. The fourth-order valence-electron chi connectivity index (χ4n) is 0.875. The van der Waals surface area contributed by atoms with Gasteiger partial charge in [-0.25, -0.2) is 13.4 Å². The molecule has 0 spiro atoms. The van der Waals surface area contributed by atoms with Crippen molar-refractivity contribution >= 4 is 15.7 Å². The second kappa shape index (κ2) is 3.33. The molecular formula is C8H12N2O2S. The molecule has 4 nitrogen and oxygen atoms in total. The molecule has 0 atom stereocenters. The van der Waals surface area contributed by atoms with Crippen LogP contribution >= 0.6 is 0 Å². The first kappa shape index (κ1) is 9.98. The van der Waals surface area contributed by atoms with Gasteiger partial charge in [0.15, 0.2) is 9.84 Å². The van der Waals surface area contributed by atoms with Crippen LogP contribution < -0.4 is 4.90 Å². The number of aromatic nitrogens is 1. The number of rotatable bonds is 2. The molecular weight excluding hydrogens is 188 g/mol. The zero-order chi connectivity index (χ0) is 10.1. The standard InChI is InChI=1S/C8H12N2O2S/c1-10(2)8-6-7(4-5-9-8)13(3,11)12/h4-6H,1-3H3. The average molecular weight is 200 g/mol. The van der Waals surface area contributed by atoms with Crippen LogP contribution in [0.3, 0.4) is 0 Å². The first-order chi connectivity index (χ1) is 5.91. The number of hydrogen-bond donors (Lipinski definition) is 0. The molecule has 0 radical (unpaired) electrons. The number of sulfone groups is 1. The summed E-state index contributed by atoms with van der Waals surface area (Å²) in [5.74, 6) is 0.642. The molecule has 0 bridgehead atoms. The summed E-state index contributed by atoms with van der Waals surface area (Å²) in [6.07, 6.45) is 2.67. The molecule has 0 unspecified atom stereocenters. The highest BCUT2D eigenvalue weighted by molar-refractivity contribution is 7.90. The predicted octanol–water partition coefficient (Wildman–Crippen LogP) is 0.551. The zero-order valence-corrected chi connectivity index (χ0v) is 8.67. The normalized spacial score (nSPS) is 11.3. The molecule has 0 aliphatic heterocycles. The molecule has 0 aromatic carbocycles. The van der Waals surface area contributed by atoms with Crippen molar-refractivity contribution in [1.29, 1.82) is 0 Å². The average Bonchev–Trinajstić information content (AvgIpc) is 2.03. The Labute approximate surface area is 78.1 Å². The van der Waals surface area contributed by atoms with E-state index in [-0.39, 0.29) is 0 Å². The van der Waals surface area contributed by atoms with Gasteiger partial charge in [-0.1, -0.05) is 0 Å². The molecule has 0 fully saturated rings. The summed E-state index contributed by atoms with van der Waals surface area (Å²) in [5.41, 5.74) is 0. The minimum atomic E-state index is -3.13. The number of anilines is 1. The van der Waals surface area contributed by atoms with Gasteiger partial charge in [-0.2, -0.15) is 0 Å². The third-order valence-electron chi connectivity index (χ3n) is 1.60. The third-order valence-corrected chi connectivity index (χ3v) is 2.71. The van der Waals surface area contributed by atoms with Gasteiger partial charge >= 0.3 is 0 Å². The molecule has 13 heavy (non-hydrogen) atoms. The van der Waals surface area contributed by atoms with Crippen LogP contribution in [0.25, 0.3) is 0 Å². The molecule has 1 heterocycles. The SMILES string of the molecule is CN(C)c1cc(S(C)(=O)=O)ccn1. The fraction of sp³-hybridized carbons (Fsp3) is 0.375. The smallest absolute Gasteiger partial charge is 0.175 e. The molecule has 0 saturated heterocycles. The van der Waals surface area contributed by atoms with Gasteiger partial charge in [-0.15, -0.1) is 0 Å². The topological polar surface area (TPSA) is 50.3 Å². The first-order valence-corrected chi connectivity index (χ1v) is 5.64. The van der Waals surface area contributed by atoms with Crippen molar-refractivity contribution in [3.8, 4) is 0 Å². The van der Waals surface area contributed by atoms with Crippen molar-refractivity contribution in [3.05, 3.63) is 18.3 Å². The van der Waals surface area contributed by atoms with Gasteiger partial charge in [0.05, 0.1) is 4.90 Å². The van der Waals surface area contributed by atoms with Crippen molar-refractivity contribution in [2.75, 3.05) is 25.3 Å². The lowest BCUT2D eigenvalue weighted by Gasteiger charge is -2.11. The van der Waals surface area contributed by atoms with Crippen LogP contribution in [0.5, 0.6) is 0 Å². The molecule has 0 N–H and O–H groups in total. The largest absolute Gasteiger partial charge is 0.363 e. The van der Waals surface area contributed by atoms with E-state index in [1.54, 1.807) is 11.0 Å². The predicted molar refractivity (Wildman–Crippen MR) is 51.7 cm³/mol. The Hall–Kier alpha value is -1.10. The minimum Gasteiger partial charge on any atom is -0.363 e. The van der Waals surface area contributed by atoms with E-state index in [2.05, 4.69) is 4.98 Å². The van der Waals surface area contributed by atoms with Crippen molar-refractivity contribution in [3.63, 3.8) is 0 Å². The molecule has 1 rings (SSSR count). The minimum absolute atomic E-state index is 0.297. The third kappa shape index (κ3) is 2.42. The summed E-state index contributed by atoms with van der Waals surface area (Å²) in [6.45, 7) is 0. The van der Waals surface area contributed by atoms with Crippen molar-refractivity contribution < 1.29 is 8.42 Å². The molecule has 1 aromatic rings. The van der Waals surface area contributed by atoms with Crippen LogP contribution in [0.2, 0.25) is 0 Å².